The quantitative estimate of drug-likeness (QED) is 0.922. The number of likely N-dealkylation sites (tertiary alicyclic amines) is 1. The van der Waals surface area contributed by atoms with Crippen molar-refractivity contribution >= 4 is 5.91 Å². The van der Waals surface area contributed by atoms with Crippen LogP contribution in [-0.4, -0.2) is 23.9 Å². The number of carbonyl (C=O) groups excluding carboxylic acids is 1. The first kappa shape index (κ1) is 15.8. The van der Waals surface area contributed by atoms with E-state index in [4.69, 9.17) is 5.73 Å². The van der Waals surface area contributed by atoms with E-state index in [2.05, 4.69) is 29.2 Å². The Labute approximate surface area is 138 Å². The zero-order valence-electron chi connectivity index (χ0n) is 13.4. The number of piperidine rings is 1. The Morgan fingerprint density at radius 1 is 1.00 bits per heavy atom. The number of amides is 1. The summed E-state index contributed by atoms with van der Waals surface area (Å²) in [5, 5.41) is 0. The Morgan fingerprint density at radius 3 is 2.13 bits per heavy atom. The molecular formula is C20H24N2O. The molecule has 1 unspecified atom stereocenters. The van der Waals surface area contributed by atoms with E-state index in [-0.39, 0.29) is 11.8 Å². The maximum Gasteiger partial charge on any atom is 0.225 e. The lowest BCUT2D eigenvalue weighted by Crippen LogP contribution is -2.38. The van der Waals surface area contributed by atoms with Crippen LogP contribution in [0.25, 0.3) is 0 Å². The highest BCUT2D eigenvalue weighted by atomic mass is 16.1. The van der Waals surface area contributed by atoms with Crippen LogP contribution in [-0.2, 0) is 11.3 Å². The summed E-state index contributed by atoms with van der Waals surface area (Å²) >= 11 is 0. The van der Waals surface area contributed by atoms with Crippen LogP contribution in [0.1, 0.15) is 29.9 Å². The van der Waals surface area contributed by atoms with Gasteiger partial charge in [-0.25, -0.2) is 0 Å². The highest BCUT2D eigenvalue weighted by molar-refractivity contribution is 5.82. The maximum atomic E-state index is 12.0. The van der Waals surface area contributed by atoms with Crippen molar-refractivity contribution in [1.82, 2.24) is 4.90 Å². The summed E-state index contributed by atoms with van der Waals surface area (Å²) in [6.07, 6.45) is 2.05. The Morgan fingerprint density at radius 2 is 1.57 bits per heavy atom. The first-order valence-electron chi connectivity index (χ1n) is 8.34. The lowest BCUT2D eigenvalue weighted by molar-refractivity contribution is -0.121. The molecule has 1 amide bonds. The van der Waals surface area contributed by atoms with Crippen molar-refractivity contribution in [2.24, 2.45) is 11.7 Å². The van der Waals surface area contributed by atoms with Gasteiger partial charge < -0.3 is 5.73 Å². The largest absolute Gasteiger partial charge is 0.369 e. The normalized spacial score (nSPS) is 17.7. The van der Waals surface area contributed by atoms with Crippen LogP contribution in [0.2, 0.25) is 0 Å². The Hall–Kier alpha value is -2.13. The van der Waals surface area contributed by atoms with Crippen LogP contribution in [0.4, 0.5) is 0 Å². The minimum Gasteiger partial charge on any atom is -0.369 e. The summed E-state index contributed by atoms with van der Waals surface area (Å²) in [5.74, 6) is -0.00490. The number of benzene rings is 2. The van der Waals surface area contributed by atoms with Gasteiger partial charge in [-0.1, -0.05) is 60.7 Å². The molecule has 2 N–H and O–H groups in total. The molecule has 0 radical (unpaired) electrons. The molecule has 2 aromatic carbocycles. The number of primary amides is 1. The molecule has 2 aromatic rings. The van der Waals surface area contributed by atoms with E-state index in [1.807, 2.05) is 36.4 Å². The molecule has 0 spiro atoms. The molecule has 1 atom stereocenters. The second-order valence-corrected chi connectivity index (χ2v) is 6.39. The maximum absolute atomic E-state index is 12.0. The van der Waals surface area contributed by atoms with E-state index in [1.54, 1.807) is 0 Å². The Kier molecular flexibility index (Phi) is 5.09. The zero-order chi connectivity index (χ0) is 16.1. The van der Waals surface area contributed by atoms with E-state index in [0.29, 0.717) is 5.92 Å². The number of rotatable bonds is 5. The summed E-state index contributed by atoms with van der Waals surface area (Å²) in [5.41, 5.74) is 8.11. The first-order valence-corrected chi connectivity index (χ1v) is 8.34. The summed E-state index contributed by atoms with van der Waals surface area (Å²) < 4.78 is 0. The van der Waals surface area contributed by atoms with Crippen LogP contribution < -0.4 is 5.73 Å². The van der Waals surface area contributed by atoms with Crippen LogP contribution in [0.3, 0.4) is 0 Å². The molecule has 0 saturated carbocycles. The SMILES string of the molecule is NC(=O)C(c1ccccc1)C1CCN(Cc2ccccc2)CC1. The van der Waals surface area contributed by atoms with Crippen LogP contribution in [0.15, 0.2) is 60.7 Å². The smallest absolute Gasteiger partial charge is 0.225 e. The van der Waals surface area contributed by atoms with E-state index < -0.39 is 0 Å². The molecule has 1 aliphatic heterocycles. The molecule has 0 aromatic heterocycles. The fourth-order valence-corrected chi connectivity index (χ4v) is 3.62. The van der Waals surface area contributed by atoms with Gasteiger partial charge in [-0.15, -0.1) is 0 Å². The summed E-state index contributed by atoms with van der Waals surface area (Å²) in [6.45, 7) is 3.03. The van der Waals surface area contributed by atoms with Gasteiger partial charge in [0.15, 0.2) is 0 Å². The van der Waals surface area contributed by atoms with Gasteiger partial charge in [0, 0.05) is 6.54 Å². The predicted molar refractivity (Wildman–Crippen MR) is 92.8 cm³/mol. The molecule has 0 aliphatic carbocycles. The van der Waals surface area contributed by atoms with Crippen molar-refractivity contribution in [3.63, 3.8) is 0 Å². The molecule has 23 heavy (non-hydrogen) atoms. The summed E-state index contributed by atoms with van der Waals surface area (Å²) in [7, 11) is 0. The molecule has 120 valence electrons. The summed E-state index contributed by atoms with van der Waals surface area (Å²) in [6, 6.07) is 20.5. The van der Waals surface area contributed by atoms with E-state index >= 15 is 0 Å². The monoisotopic (exact) mass is 308 g/mol. The van der Waals surface area contributed by atoms with E-state index in [9.17, 15) is 4.79 Å². The van der Waals surface area contributed by atoms with Gasteiger partial charge in [-0.2, -0.15) is 0 Å². The average Bonchev–Trinajstić information content (AvgIpc) is 2.58. The molecule has 1 saturated heterocycles. The number of nitrogens with two attached hydrogens (primary N) is 1. The van der Waals surface area contributed by atoms with Crippen molar-refractivity contribution in [1.29, 1.82) is 0 Å². The van der Waals surface area contributed by atoms with Crippen molar-refractivity contribution in [2.45, 2.75) is 25.3 Å². The molecule has 1 aliphatic rings. The standard InChI is InChI=1S/C20H24N2O/c21-20(23)19(17-9-5-2-6-10-17)18-11-13-22(14-12-18)15-16-7-3-1-4-8-16/h1-10,18-19H,11-15H2,(H2,21,23). The highest BCUT2D eigenvalue weighted by Gasteiger charge is 2.31. The number of hydrogen-bond acceptors (Lipinski definition) is 2. The summed E-state index contributed by atoms with van der Waals surface area (Å²) in [4.78, 5) is 14.4. The predicted octanol–water partition coefficient (Wildman–Crippen LogP) is 3.17. The third-order valence-corrected chi connectivity index (χ3v) is 4.82. The minimum absolute atomic E-state index is 0.157. The van der Waals surface area contributed by atoms with Gasteiger partial charge >= 0.3 is 0 Å². The molecule has 3 rings (SSSR count). The third kappa shape index (κ3) is 3.99. The average molecular weight is 308 g/mol. The van der Waals surface area contributed by atoms with Crippen molar-refractivity contribution in [3.8, 4) is 0 Å². The number of carbonyl (C=O) groups is 1. The van der Waals surface area contributed by atoms with Crippen molar-refractivity contribution in [2.75, 3.05) is 13.1 Å². The molecule has 3 nitrogen and oxygen atoms in total. The fraction of sp³-hybridized carbons (Fsp3) is 0.350. The van der Waals surface area contributed by atoms with Gasteiger partial charge in [-0.05, 0) is 43.0 Å². The lowest BCUT2D eigenvalue weighted by atomic mass is 9.79. The van der Waals surface area contributed by atoms with Crippen LogP contribution in [0, 0.1) is 5.92 Å². The van der Waals surface area contributed by atoms with E-state index in [1.165, 1.54) is 5.56 Å². The molecule has 0 bridgehead atoms. The lowest BCUT2D eigenvalue weighted by Gasteiger charge is -2.35. The first-order chi connectivity index (χ1) is 11.2. The van der Waals surface area contributed by atoms with Crippen LogP contribution >= 0.6 is 0 Å². The molecule has 1 heterocycles. The molecule has 1 fully saturated rings. The number of hydrogen-bond donors (Lipinski definition) is 1. The second-order valence-electron chi connectivity index (χ2n) is 6.39. The van der Waals surface area contributed by atoms with Gasteiger partial charge in [-0.3, -0.25) is 9.69 Å². The van der Waals surface area contributed by atoms with Gasteiger partial charge in [0.2, 0.25) is 5.91 Å². The van der Waals surface area contributed by atoms with Crippen LogP contribution in [0.5, 0.6) is 0 Å². The van der Waals surface area contributed by atoms with Crippen molar-refractivity contribution < 1.29 is 4.79 Å². The van der Waals surface area contributed by atoms with Gasteiger partial charge in [0.25, 0.3) is 0 Å². The Bertz CT molecular complexity index is 619. The van der Waals surface area contributed by atoms with E-state index in [0.717, 1.165) is 38.0 Å². The zero-order valence-corrected chi connectivity index (χ0v) is 13.4. The van der Waals surface area contributed by atoms with Gasteiger partial charge in [0.1, 0.15) is 0 Å². The topological polar surface area (TPSA) is 46.3 Å². The third-order valence-electron chi connectivity index (χ3n) is 4.82. The van der Waals surface area contributed by atoms with Crippen molar-refractivity contribution in [3.05, 3.63) is 71.8 Å². The number of nitrogens with zero attached hydrogens (tertiary/aromatic N) is 1. The molecular weight excluding hydrogens is 284 g/mol. The highest BCUT2D eigenvalue weighted by Crippen LogP contribution is 2.32. The molecule has 3 heteroatoms. The minimum atomic E-state index is -0.197. The Balaban J connectivity index is 1.62. The second kappa shape index (κ2) is 7.42. The fourth-order valence-electron chi connectivity index (χ4n) is 3.62. The van der Waals surface area contributed by atoms with Gasteiger partial charge in [0.05, 0.1) is 5.92 Å².